The van der Waals surface area contributed by atoms with Crippen LogP contribution in [0.2, 0.25) is 0 Å². The van der Waals surface area contributed by atoms with Gasteiger partial charge in [0.2, 0.25) is 0 Å². The Morgan fingerprint density at radius 1 is 1.00 bits per heavy atom. The maximum atomic E-state index is 12.9. The summed E-state index contributed by atoms with van der Waals surface area (Å²) in [4.78, 5) is 14.0. The van der Waals surface area contributed by atoms with Crippen LogP contribution in [0.3, 0.4) is 0 Å². The fourth-order valence-electron chi connectivity index (χ4n) is 3.18. The van der Waals surface area contributed by atoms with Gasteiger partial charge < -0.3 is 15.0 Å². The van der Waals surface area contributed by atoms with Crippen LogP contribution in [0.15, 0.2) is 78.9 Å². The highest BCUT2D eigenvalue weighted by molar-refractivity contribution is 5.97. The van der Waals surface area contributed by atoms with Gasteiger partial charge in [-0.3, -0.25) is 4.79 Å². The molecule has 3 rings (SSSR count). The zero-order valence-electron chi connectivity index (χ0n) is 16.6. The Morgan fingerprint density at radius 3 is 2.46 bits per heavy atom. The molecule has 0 spiro atoms. The van der Waals surface area contributed by atoms with Crippen molar-refractivity contribution >= 4 is 11.6 Å². The fourth-order valence-corrected chi connectivity index (χ4v) is 3.18. The highest BCUT2D eigenvalue weighted by Gasteiger charge is 2.23. The van der Waals surface area contributed by atoms with Crippen LogP contribution in [0, 0.1) is 0 Å². The lowest BCUT2D eigenvalue weighted by atomic mass is 10.0. The lowest BCUT2D eigenvalue weighted by molar-refractivity contribution is -0.907. The molecule has 0 saturated carbocycles. The van der Waals surface area contributed by atoms with E-state index in [1.54, 1.807) is 7.11 Å². The molecule has 4 heteroatoms. The van der Waals surface area contributed by atoms with Crippen LogP contribution < -0.4 is 15.0 Å². The summed E-state index contributed by atoms with van der Waals surface area (Å²) in [5.74, 6) is 0.836. The minimum absolute atomic E-state index is 0.00350. The molecule has 0 aliphatic heterocycles. The second-order valence-corrected chi connectivity index (χ2v) is 7.00. The standard InChI is InChI=1S/C24H26N2O2/c1-18(26(2)17-19-10-9-13-21(16-19)28-3)24(27)25-23-15-8-7-14-22(23)20-11-5-4-6-12-20/h4-16,18H,17H2,1-3H3,(H,25,27)/p+1/t18-/m0/s1. The monoisotopic (exact) mass is 375 g/mol. The van der Waals surface area contributed by atoms with Crippen LogP contribution in [0.4, 0.5) is 5.69 Å². The molecule has 2 atom stereocenters. The van der Waals surface area contributed by atoms with Crippen molar-refractivity contribution in [3.8, 4) is 16.9 Å². The number of nitrogens with one attached hydrogen (secondary N) is 2. The average molecular weight is 375 g/mol. The largest absolute Gasteiger partial charge is 0.497 e. The molecule has 0 heterocycles. The summed E-state index contributed by atoms with van der Waals surface area (Å²) in [5.41, 5.74) is 4.08. The number of quaternary nitrogens is 1. The molecule has 0 saturated heterocycles. The number of rotatable bonds is 7. The number of hydrogen-bond donors (Lipinski definition) is 2. The summed E-state index contributed by atoms with van der Waals surface area (Å²) < 4.78 is 5.29. The highest BCUT2D eigenvalue weighted by atomic mass is 16.5. The molecule has 144 valence electrons. The van der Waals surface area contributed by atoms with Gasteiger partial charge in [-0.05, 0) is 30.7 Å². The number of carbonyl (C=O) groups is 1. The Balaban J connectivity index is 1.71. The molecule has 1 unspecified atom stereocenters. The number of anilines is 1. The van der Waals surface area contributed by atoms with E-state index >= 15 is 0 Å². The van der Waals surface area contributed by atoms with E-state index in [9.17, 15) is 4.79 Å². The van der Waals surface area contributed by atoms with Crippen molar-refractivity contribution in [1.82, 2.24) is 0 Å². The minimum atomic E-state index is -0.199. The van der Waals surface area contributed by atoms with E-state index in [-0.39, 0.29) is 11.9 Å². The number of amides is 1. The lowest BCUT2D eigenvalue weighted by Crippen LogP contribution is -3.12. The maximum absolute atomic E-state index is 12.9. The molecule has 0 bridgehead atoms. The Bertz CT molecular complexity index is 925. The highest BCUT2D eigenvalue weighted by Crippen LogP contribution is 2.27. The van der Waals surface area contributed by atoms with E-state index in [1.807, 2.05) is 74.6 Å². The number of para-hydroxylation sites is 1. The lowest BCUT2D eigenvalue weighted by Gasteiger charge is -2.22. The van der Waals surface area contributed by atoms with Crippen molar-refractivity contribution in [3.63, 3.8) is 0 Å². The molecule has 0 aromatic heterocycles. The predicted molar refractivity (Wildman–Crippen MR) is 114 cm³/mol. The van der Waals surface area contributed by atoms with Crippen LogP contribution in [-0.2, 0) is 11.3 Å². The molecule has 3 aromatic carbocycles. The molecule has 0 aliphatic carbocycles. The zero-order chi connectivity index (χ0) is 19.9. The summed E-state index contributed by atoms with van der Waals surface area (Å²) in [6.45, 7) is 2.70. The maximum Gasteiger partial charge on any atom is 0.282 e. The molecule has 0 fully saturated rings. The molecule has 28 heavy (non-hydrogen) atoms. The van der Waals surface area contributed by atoms with E-state index in [1.165, 1.54) is 0 Å². The van der Waals surface area contributed by atoms with Crippen LogP contribution in [-0.4, -0.2) is 26.1 Å². The average Bonchev–Trinajstić information content (AvgIpc) is 2.74. The number of benzene rings is 3. The normalized spacial score (nSPS) is 12.8. The third kappa shape index (κ3) is 4.78. The van der Waals surface area contributed by atoms with Crippen molar-refractivity contribution in [2.75, 3.05) is 19.5 Å². The van der Waals surface area contributed by atoms with Gasteiger partial charge in [0.15, 0.2) is 6.04 Å². The van der Waals surface area contributed by atoms with Crippen molar-refractivity contribution in [3.05, 3.63) is 84.4 Å². The predicted octanol–water partition coefficient (Wildman–Crippen LogP) is 3.40. The van der Waals surface area contributed by atoms with Gasteiger partial charge in [-0.15, -0.1) is 0 Å². The van der Waals surface area contributed by atoms with Gasteiger partial charge in [-0.1, -0.05) is 60.7 Å². The molecule has 0 radical (unpaired) electrons. The molecule has 3 aromatic rings. The van der Waals surface area contributed by atoms with Crippen LogP contribution in [0.1, 0.15) is 12.5 Å². The molecule has 1 amide bonds. The van der Waals surface area contributed by atoms with Gasteiger partial charge in [0.25, 0.3) is 5.91 Å². The van der Waals surface area contributed by atoms with Gasteiger partial charge >= 0.3 is 0 Å². The van der Waals surface area contributed by atoms with E-state index < -0.39 is 0 Å². The molecule has 4 nitrogen and oxygen atoms in total. The topological polar surface area (TPSA) is 42.8 Å². The Morgan fingerprint density at radius 2 is 1.71 bits per heavy atom. The number of ether oxygens (including phenoxy) is 1. The quantitative estimate of drug-likeness (QED) is 0.665. The molecule has 0 aliphatic rings. The summed E-state index contributed by atoms with van der Waals surface area (Å²) in [7, 11) is 3.70. The van der Waals surface area contributed by atoms with Gasteiger partial charge in [-0.2, -0.15) is 0 Å². The van der Waals surface area contributed by atoms with Crippen LogP contribution >= 0.6 is 0 Å². The van der Waals surface area contributed by atoms with Gasteiger partial charge in [-0.25, -0.2) is 0 Å². The van der Waals surface area contributed by atoms with Gasteiger partial charge in [0.05, 0.1) is 14.2 Å². The third-order valence-electron chi connectivity index (χ3n) is 5.02. The van der Waals surface area contributed by atoms with Gasteiger partial charge in [0.1, 0.15) is 12.3 Å². The Kier molecular flexibility index (Phi) is 6.45. The van der Waals surface area contributed by atoms with Crippen molar-refractivity contribution < 1.29 is 14.4 Å². The van der Waals surface area contributed by atoms with Gasteiger partial charge in [0, 0.05) is 16.8 Å². The first-order chi connectivity index (χ1) is 13.6. The first-order valence-corrected chi connectivity index (χ1v) is 9.49. The van der Waals surface area contributed by atoms with Crippen molar-refractivity contribution in [2.45, 2.75) is 19.5 Å². The van der Waals surface area contributed by atoms with E-state index in [2.05, 4.69) is 23.5 Å². The fraction of sp³-hybridized carbons (Fsp3) is 0.208. The second kappa shape index (κ2) is 9.20. The summed E-state index contributed by atoms with van der Waals surface area (Å²) in [5, 5.41) is 3.11. The Hall–Kier alpha value is -3.11. The van der Waals surface area contributed by atoms with Crippen LogP contribution in [0.25, 0.3) is 11.1 Å². The SMILES string of the molecule is COc1cccc(C[NH+](C)[C@@H](C)C(=O)Nc2ccccc2-c2ccccc2)c1. The first kappa shape index (κ1) is 19.6. The molecular weight excluding hydrogens is 348 g/mol. The van der Waals surface area contributed by atoms with E-state index in [4.69, 9.17) is 4.74 Å². The smallest absolute Gasteiger partial charge is 0.282 e. The molecule has 2 N–H and O–H groups in total. The van der Waals surface area contributed by atoms with Crippen LogP contribution in [0.5, 0.6) is 5.75 Å². The minimum Gasteiger partial charge on any atom is -0.497 e. The number of hydrogen-bond acceptors (Lipinski definition) is 2. The summed E-state index contributed by atoms with van der Waals surface area (Å²) in [6, 6.07) is 25.8. The van der Waals surface area contributed by atoms with Crippen molar-refractivity contribution in [2.24, 2.45) is 0 Å². The third-order valence-corrected chi connectivity index (χ3v) is 5.02. The number of methoxy groups -OCH3 is 1. The zero-order valence-corrected chi connectivity index (χ0v) is 16.6. The van der Waals surface area contributed by atoms with E-state index in [0.29, 0.717) is 0 Å². The first-order valence-electron chi connectivity index (χ1n) is 9.49. The van der Waals surface area contributed by atoms with Crippen molar-refractivity contribution in [1.29, 1.82) is 0 Å². The molecular formula is C24H27N2O2+. The second-order valence-electron chi connectivity index (χ2n) is 7.00. The number of likely N-dealkylation sites (N-methyl/N-ethyl adjacent to an activating group) is 1. The Labute approximate surface area is 166 Å². The van der Waals surface area contributed by atoms with E-state index in [0.717, 1.165) is 39.6 Å². The summed E-state index contributed by atoms with van der Waals surface area (Å²) >= 11 is 0. The number of carbonyl (C=O) groups excluding carboxylic acids is 1. The summed E-state index contributed by atoms with van der Waals surface area (Å²) in [6.07, 6.45) is 0.